The summed E-state index contributed by atoms with van der Waals surface area (Å²) < 4.78 is 23.9. The van der Waals surface area contributed by atoms with E-state index in [0.29, 0.717) is 45.9 Å². The highest BCUT2D eigenvalue weighted by atomic mass is 16.6. The molecule has 1 rings (SSSR count). The van der Waals surface area contributed by atoms with Crippen molar-refractivity contribution < 1.29 is 33.6 Å². The standard InChI is InChI=1S/C39H68O7/c1-3-5-7-9-11-18-26-36(27-19-12-10-8-6-4-2)46-39(42)29-21-15-23-31-45-37(33-43-30-22-14-20-28-38(40)41)34-44-32-35-24-16-13-17-25-35/h13,16-17,24-25,36-37H,3-12,14-15,18-23,26-34H2,1-2H3,(H,40,41). The number of carbonyl (C=O) groups is 2. The molecule has 0 spiro atoms. The number of unbranched alkanes of at least 4 members (excludes halogenated alkanes) is 14. The van der Waals surface area contributed by atoms with Crippen molar-refractivity contribution >= 4 is 11.9 Å². The topological polar surface area (TPSA) is 91.3 Å². The molecular formula is C39H68O7. The van der Waals surface area contributed by atoms with E-state index in [0.717, 1.165) is 63.4 Å². The van der Waals surface area contributed by atoms with E-state index >= 15 is 0 Å². The Kier molecular flexibility index (Phi) is 28.9. The highest BCUT2D eigenvalue weighted by Crippen LogP contribution is 2.18. The van der Waals surface area contributed by atoms with Crippen LogP contribution in [-0.2, 0) is 35.1 Å². The van der Waals surface area contributed by atoms with Gasteiger partial charge in [0.25, 0.3) is 0 Å². The Morgan fingerprint density at radius 3 is 1.78 bits per heavy atom. The molecule has 7 nitrogen and oxygen atoms in total. The first kappa shape index (κ1) is 42.1. The second kappa shape index (κ2) is 31.6. The maximum Gasteiger partial charge on any atom is 0.306 e. The van der Waals surface area contributed by atoms with E-state index in [1.165, 1.54) is 64.2 Å². The van der Waals surface area contributed by atoms with Crippen LogP contribution in [0.2, 0.25) is 0 Å². The summed E-state index contributed by atoms with van der Waals surface area (Å²) >= 11 is 0. The minimum atomic E-state index is -0.752. The Bertz CT molecular complexity index is 800. The largest absolute Gasteiger partial charge is 0.481 e. The number of benzene rings is 1. The van der Waals surface area contributed by atoms with Crippen molar-refractivity contribution in [2.45, 2.75) is 174 Å². The molecule has 0 aliphatic carbocycles. The van der Waals surface area contributed by atoms with E-state index in [2.05, 4.69) is 13.8 Å². The van der Waals surface area contributed by atoms with Gasteiger partial charge in [-0.2, -0.15) is 0 Å². The van der Waals surface area contributed by atoms with E-state index in [4.69, 9.17) is 24.1 Å². The molecule has 0 saturated heterocycles. The molecule has 1 unspecified atom stereocenters. The molecule has 1 aromatic rings. The van der Waals surface area contributed by atoms with Gasteiger partial charge in [0.2, 0.25) is 0 Å². The molecule has 7 heteroatoms. The van der Waals surface area contributed by atoms with Crippen molar-refractivity contribution in [2.24, 2.45) is 0 Å². The zero-order valence-electron chi connectivity index (χ0n) is 29.5. The number of esters is 1. The Labute approximate surface area is 281 Å². The number of carbonyl (C=O) groups excluding carboxylic acids is 1. The van der Waals surface area contributed by atoms with Crippen LogP contribution < -0.4 is 0 Å². The van der Waals surface area contributed by atoms with Crippen LogP contribution >= 0.6 is 0 Å². The molecule has 0 bridgehead atoms. The third-order valence-electron chi connectivity index (χ3n) is 8.33. The molecule has 0 amide bonds. The van der Waals surface area contributed by atoms with E-state index in [1.807, 2.05) is 30.3 Å². The van der Waals surface area contributed by atoms with E-state index in [9.17, 15) is 9.59 Å². The molecule has 46 heavy (non-hydrogen) atoms. The summed E-state index contributed by atoms with van der Waals surface area (Å²) in [6, 6.07) is 10.1. The quantitative estimate of drug-likeness (QED) is 0.0587. The normalized spacial score (nSPS) is 12.1. The first-order chi connectivity index (χ1) is 22.5. The van der Waals surface area contributed by atoms with Crippen molar-refractivity contribution in [3.05, 3.63) is 35.9 Å². The summed E-state index contributed by atoms with van der Waals surface area (Å²) in [5, 5.41) is 8.78. The van der Waals surface area contributed by atoms with Gasteiger partial charge in [-0.15, -0.1) is 0 Å². The van der Waals surface area contributed by atoms with Gasteiger partial charge in [0, 0.05) is 26.1 Å². The summed E-state index contributed by atoms with van der Waals surface area (Å²) in [4.78, 5) is 23.4. The fourth-order valence-electron chi connectivity index (χ4n) is 5.51. The van der Waals surface area contributed by atoms with Gasteiger partial charge in [0.05, 0.1) is 19.8 Å². The van der Waals surface area contributed by atoms with Gasteiger partial charge in [-0.1, -0.05) is 121 Å². The molecule has 0 radical (unpaired) electrons. The fourth-order valence-corrected chi connectivity index (χ4v) is 5.51. The summed E-state index contributed by atoms with van der Waals surface area (Å²) in [6.45, 7) is 7.08. The van der Waals surface area contributed by atoms with Gasteiger partial charge >= 0.3 is 11.9 Å². The molecule has 266 valence electrons. The van der Waals surface area contributed by atoms with E-state index in [1.54, 1.807) is 0 Å². The van der Waals surface area contributed by atoms with E-state index in [-0.39, 0.29) is 24.6 Å². The Morgan fingerprint density at radius 2 is 1.15 bits per heavy atom. The highest BCUT2D eigenvalue weighted by molar-refractivity contribution is 5.69. The summed E-state index contributed by atoms with van der Waals surface area (Å²) in [7, 11) is 0. The van der Waals surface area contributed by atoms with Crippen LogP contribution in [-0.4, -0.2) is 55.7 Å². The minimum absolute atomic E-state index is 0.0492. The van der Waals surface area contributed by atoms with Crippen molar-refractivity contribution in [3.8, 4) is 0 Å². The predicted molar refractivity (Wildman–Crippen MR) is 187 cm³/mol. The van der Waals surface area contributed by atoms with Crippen LogP contribution in [0.3, 0.4) is 0 Å². The molecule has 0 fully saturated rings. The van der Waals surface area contributed by atoms with Crippen molar-refractivity contribution in [1.29, 1.82) is 0 Å². The molecule has 0 aliphatic rings. The molecule has 0 heterocycles. The Balaban J connectivity index is 2.33. The lowest BCUT2D eigenvalue weighted by atomic mass is 10.0. The van der Waals surface area contributed by atoms with Gasteiger partial charge in [-0.25, -0.2) is 0 Å². The second-order valence-corrected chi connectivity index (χ2v) is 12.8. The molecule has 1 aromatic carbocycles. The summed E-state index contributed by atoms with van der Waals surface area (Å²) in [5.41, 5.74) is 1.12. The van der Waals surface area contributed by atoms with Crippen molar-refractivity contribution in [2.75, 3.05) is 26.4 Å². The first-order valence-corrected chi connectivity index (χ1v) is 18.8. The van der Waals surface area contributed by atoms with E-state index < -0.39 is 5.97 Å². The maximum absolute atomic E-state index is 12.7. The van der Waals surface area contributed by atoms with Crippen molar-refractivity contribution in [1.82, 2.24) is 0 Å². The minimum Gasteiger partial charge on any atom is -0.481 e. The molecule has 1 N–H and O–H groups in total. The van der Waals surface area contributed by atoms with Gasteiger partial charge in [-0.05, 0) is 56.9 Å². The average molecular weight is 649 g/mol. The Hall–Kier alpha value is -1.96. The van der Waals surface area contributed by atoms with Gasteiger partial charge in [0.1, 0.15) is 12.2 Å². The van der Waals surface area contributed by atoms with Crippen LogP contribution in [0, 0.1) is 0 Å². The average Bonchev–Trinajstić information content (AvgIpc) is 3.05. The van der Waals surface area contributed by atoms with Gasteiger partial charge in [0.15, 0.2) is 0 Å². The molecule has 1 atom stereocenters. The number of aliphatic carboxylic acids is 1. The molecule has 0 aromatic heterocycles. The summed E-state index contributed by atoms with van der Waals surface area (Å²) in [5.74, 6) is -0.801. The molecule has 0 aliphatic heterocycles. The van der Waals surface area contributed by atoms with Crippen LogP contribution in [0.1, 0.15) is 161 Å². The van der Waals surface area contributed by atoms with Crippen LogP contribution in [0.15, 0.2) is 30.3 Å². The third-order valence-corrected chi connectivity index (χ3v) is 8.33. The Morgan fingerprint density at radius 1 is 0.609 bits per heavy atom. The number of carboxylic acids is 1. The summed E-state index contributed by atoms with van der Waals surface area (Å²) in [6.07, 6.45) is 22.6. The molecular weight excluding hydrogens is 580 g/mol. The third kappa shape index (κ3) is 27.2. The lowest BCUT2D eigenvalue weighted by Gasteiger charge is -2.19. The lowest BCUT2D eigenvalue weighted by molar-refractivity contribution is -0.150. The number of hydrogen-bond donors (Lipinski definition) is 1. The monoisotopic (exact) mass is 648 g/mol. The lowest BCUT2D eigenvalue weighted by Crippen LogP contribution is -2.26. The number of rotatable bonds is 34. The van der Waals surface area contributed by atoms with Crippen molar-refractivity contribution in [3.63, 3.8) is 0 Å². The van der Waals surface area contributed by atoms with Crippen LogP contribution in [0.5, 0.6) is 0 Å². The van der Waals surface area contributed by atoms with Gasteiger partial charge in [-0.3, -0.25) is 9.59 Å². The highest BCUT2D eigenvalue weighted by Gasteiger charge is 2.15. The smallest absolute Gasteiger partial charge is 0.306 e. The fraction of sp³-hybridized carbons (Fsp3) is 0.795. The first-order valence-electron chi connectivity index (χ1n) is 18.8. The zero-order valence-corrected chi connectivity index (χ0v) is 29.5. The van der Waals surface area contributed by atoms with Crippen LogP contribution in [0.25, 0.3) is 0 Å². The SMILES string of the molecule is CCCCCCCCC(CCCCCCCC)OC(=O)CCCCCOC(COCCCCCC(=O)O)COCc1ccccc1. The predicted octanol–water partition coefficient (Wildman–Crippen LogP) is 10.2. The zero-order chi connectivity index (χ0) is 33.3. The van der Waals surface area contributed by atoms with Crippen LogP contribution in [0.4, 0.5) is 0 Å². The number of carboxylic acid groups (broad SMARTS) is 1. The van der Waals surface area contributed by atoms with Gasteiger partial charge < -0.3 is 24.1 Å². The number of ether oxygens (including phenoxy) is 4. The second-order valence-electron chi connectivity index (χ2n) is 12.8. The molecule has 0 saturated carbocycles. The maximum atomic E-state index is 12.7. The number of hydrogen-bond acceptors (Lipinski definition) is 6.